The Bertz CT molecular complexity index is 1180. The molecular weight excluding hydrogens is 389 g/mol. The first-order valence-corrected chi connectivity index (χ1v) is 10.7. The van der Waals surface area contributed by atoms with E-state index in [1.54, 1.807) is 18.3 Å². The maximum atomic E-state index is 13.5. The van der Waals surface area contributed by atoms with Crippen LogP contribution in [0.2, 0.25) is 0 Å². The fourth-order valence-electron chi connectivity index (χ4n) is 3.98. The van der Waals surface area contributed by atoms with Gasteiger partial charge in [-0.05, 0) is 94.4 Å². The molecule has 5 nitrogen and oxygen atoms in total. The van der Waals surface area contributed by atoms with Crippen molar-refractivity contribution in [2.45, 2.75) is 32.6 Å². The minimum Gasteiger partial charge on any atom is -0.309 e. The SMILES string of the molecule is CCC(CCN(C)C)c1ccn2c(-c3ccnc(C)n3)c(-c3ccc(F)cc3)nc2c1. The fourth-order valence-corrected chi connectivity index (χ4v) is 3.98. The van der Waals surface area contributed by atoms with E-state index < -0.39 is 0 Å². The highest BCUT2D eigenvalue weighted by Gasteiger charge is 2.19. The van der Waals surface area contributed by atoms with Crippen molar-refractivity contribution in [1.29, 1.82) is 0 Å². The molecule has 4 aromatic rings. The van der Waals surface area contributed by atoms with E-state index >= 15 is 0 Å². The van der Waals surface area contributed by atoms with Gasteiger partial charge in [-0.2, -0.15) is 0 Å². The molecule has 0 bridgehead atoms. The monoisotopic (exact) mass is 417 g/mol. The van der Waals surface area contributed by atoms with Gasteiger partial charge in [-0.15, -0.1) is 0 Å². The van der Waals surface area contributed by atoms with Gasteiger partial charge in [0.1, 0.15) is 17.3 Å². The van der Waals surface area contributed by atoms with Gasteiger partial charge < -0.3 is 4.90 Å². The smallest absolute Gasteiger partial charge is 0.138 e. The number of nitrogens with zero attached hydrogens (tertiary/aromatic N) is 5. The molecule has 0 aliphatic carbocycles. The van der Waals surface area contributed by atoms with E-state index in [1.165, 1.54) is 17.7 Å². The zero-order valence-corrected chi connectivity index (χ0v) is 18.5. The molecule has 1 unspecified atom stereocenters. The lowest BCUT2D eigenvalue weighted by Crippen LogP contribution is -2.15. The van der Waals surface area contributed by atoms with E-state index in [2.05, 4.69) is 58.6 Å². The highest BCUT2D eigenvalue weighted by molar-refractivity contribution is 5.80. The van der Waals surface area contributed by atoms with Crippen molar-refractivity contribution in [2.24, 2.45) is 0 Å². The Morgan fingerprint density at radius 1 is 1.06 bits per heavy atom. The maximum absolute atomic E-state index is 13.5. The molecule has 31 heavy (non-hydrogen) atoms. The van der Waals surface area contributed by atoms with Gasteiger partial charge in [0.05, 0.1) is 17.1 Å². The molecule has 1 aromatic carbocycles. The molecule has 0 fully saturated rings. The quantitative estimate of drug-likeness (QED) is 0.407. The van der Waals surface area contributed by atoms with Crippen molar-refractivity contribution in [3.63, 3.8) is 0 Å². The molecule has 0 saturated carbocycles. The van der Waals surface area contributed by atoms with Crippen molar-refractivity contribution in [1.82, 2.24) is 24.3 Å². The highest BCUT2D eigenvalue weighted by Crippen LogP contribution is 2.33. The summed E-state index contributed by atoms with van der Waals surface area (Å²) in [7, 11) is 4.21. The van der Waals surface area contributed by atoms with Crippen molar-refractivity contribution in [2.75, 3.05) is 20.6 Å². The zero-order chi connectivity index (χ0) is 22.0. The Morgan fingerprint density at radius 3 is 2.52 bits per heavy atom. The molecule has 1 atom stereocenters. The molecule has 0 amide bonds. The number of fused-ring (bicyclic) bond motifs is 1. The molecule has 6 heteroatoms. The third-order valence-electron chi connectivity index (χ3n) is 5.68. The molecule has 3 heterocycles. The van der Waals surface area contributed by atoms with E-state index in [4.69, 9.17) is 4.98 Å². The second-order valence-corrected chi connectivity index (χ2v) is 8.19. The standard InChI is InChI=1S/C25H28FN5/c1-5-18(11-14-30(3)4)20-12-15-31-23(16-20)29-24(19-6-8-21(26)9-7-19)25(31)22-10-13-27-17(2)28-22/h6-10,12-13,15-16,18H,5,11,14H2,1-4H3. The Hall–Kier alpha value is -3.12. The second kappa shape index (κ2) is 8.94. The Kier molecular flexibility index (Phi) is 6.09. The van der Waals surface area contributed by atoms with E-state index in [0.717, 1.165) is 47.7 Å². The van der Waals surface area contributed by atoms with E-state index in [9.17, 15) is 4.39 Å². The van der Waals surface area contributed by atoms with Crippen molar-refractivity contribution in [3.05, 3.63) is 72.1 Å². The van der Waals surface area contributed by atoms with Gasteiger partial charge >= 0.3 is 0 Å². The van der Waals surface area contributed by atoms with Crippen molar-refractivity contribution >= 4 is 5.65 Å². The summed E-state index contributed by atoms with van der Waals surface area (Å²) in [6.07, 6.45) is 6.01. The molecular formula is C25H28FN5. The molecule has 0 saturated heterocycles. The first-order valence-electron chi connectivity index (χ1n) is 10.7. The van der Waals surface area contributed by atoms with E-state index in [1.807, 2.05) is 13.0 Å². The number of aryl methyl sites for hydroxylation is 1. The van der Waals surface area contributed by atoms with Crippen LogP contribution in [-0.4, -0.2) is 44.9 Å². The number of rotatable bonds is 7. The number of benzene rings is 1. The Labute approximate surface area is 182 Å². The van der Waals surface area contributed by atoms with Crippen LogP contribution in [0.4, 0.5) is 4.39 Å². The van der Waals surface area contributed by atoms with Gasteiger partial charge in [0.15, 0.2) is 0 Å². The van der Waals surface area contributed by atoms with Crippen molar-refractivity contribution < 1.29 is 4.39 Å². The number of aromatic nitrogens is 4. The first kappa shape index (κ1) is 21.1. The molecule has 160 valence electrons. The molecule has 0 aliphatic heterocycles. The summed E-state index contributed by atoms with van der Waals surface area (Å²) in [6.45, 7) is 5.15. The summed E-state index contributed by atoms with van der Waals surface area (Å²) in [5.41, 5.74) is 5.49. The predicted molar refractivity (Wildman–Crippen MR) is 123 cm³/mol. The minimum absolute atomic E-state index is 0.263. The fraction of sp³-hybridized carbons (Fsp3) is 0.320. The molecule has 0 N–H and O–H groups in total. The van der Waals surface area contributed by atoms with Crippen molar-refractivity contribution in [3.8, 4) is 22.6 Å². The minimum atomic E-state index is -0.263. The molecule has 4 rings (SSSR count). The summed E-state index contributed by atoms with van der Waals surface area (Å²) >= 11 is 0. The van der Waals surface area contributed by atoms with Gasteiger partial charge in [0, 0.05) is 18.0 Å². The normalized spacial score (nSPS) is 12.6. The van der Waals surface area contributed by atoms with Crippen LogP contribution in [-0.2, 0) is 0 Å². The lowest BCUT2D eigenvalue weighted by Gasteiger charge is -2.18. The summed E-state index contributed by atoms with van der Waals surface area (Å²) < 4.78 is 15.6. The topological polar surface area (TPSA) is 46.3 Å². The van der Waals surface area contributed by atoms with E-state index in [-0.39, 0.29) is 5.82 Å². The van der Waals surface area contributed by atoms with Gasteiger partial charge in [-0.25, -0.2) is 19.3 Å². The summed E-state index contributed by atoms with van der Waals surface area (Å²) in [5.74, 6) is 0.910. The second-order valence-electron chi connectivity index (χ2n) is 8.19. The molecule has 0 radical (unpaired) electrons. The van der Waals surface area contributed by atoms with Crippen LogP contribution in [0, 0.1) is 12.7 Å². The number of imidazole rings is 1. The molecule has 0 spiro atoms. The van der Waals surface area contributed by atoms with Gasteiger partial charge in [0.2, 0.25) is 0 Å². The van der Waals surface area contributed by atoms with Crippen LogP contribution in [0.3, 0.4) is 0 Å². The third kappa shape index (κ3) is 4.49. The largest absolute Gasteiger partial charge is 0.309 e. The van der Waals surface area contributed by atoms with E-state index in [0.29, 0.717) is 11.7 Å². The number of hydrogen-bond donors (Lipinski definition) is 0. The average molecular weight is 418 g/mol. The van der Waals surface area contributed by atoms with Gasteiger partial charge in [0.25, 0.3) is 0 Å². The summed E-state index contributed by atoms with van der Waals surface area (Å²) in [6, 6.07) is 12.7. The third-order valence-corrected chi connectivity index (χ3v) is 5.68. The number of halogens is 1. The number of hydrogen-bond acceptors (Lipinski definition) is 4. The van der Waals surface area contributed by atoms with Crippen LogP contribution in [0.1, 0.15) is 37.1 Å². The summed E-state index contributed by atoms with van der Waals surface area (Å²) in [5, 5.41) is 0. The Morgan fingerprint density at radius 2 is 1.84 bits per heavy atom. The highest BCUT2D eigenvalue weighted by atomic mass is 19.1. The lowest BCUT2D eigenvalue weighted by molar-refractivity contribution is 0.378. The van der Waals surface area contributed by atoms with Crippen LogP contribution in [0.5, 0.6) is 0 Å². The maximum Gasteiger partial charge on any atom is 0.138 e. The van der Waals surface area contributed by atoms with Crippen LogP contribution >= 0.6 is 0 Å². The number of pyridine rings is 1. The average Bonchev–Trinajstić information content (AvgIpc) is 3.13. The summed E-state index contributed by atoms with van der Waals surface area (Å²) in [4.78, 5) is 16.1. The first-order chi connectivity index (χ1) is 15.0. The predicted octanol–water partition coefficient (Wildman–Crippen LogP) is 5.35. The zero-order valence-electron chi connectivity index (χ0n) is 18.5. The molecule has 0 aliphatic rings. The van der Waals surface area contributed by atoms with Crippen LogP contribution < -0.4 is 0 Å². The van der Waals surface area contributed by atoms with Gasteiger partial charge in [-0.3, -0.25) is 4.40 Å². The van der Waals surface area contributed by atoms with Gasteiger partial charge in [-0.1, -0.05) is 6.92 Å². The Balaban J connectivity index is 1.86. The van der Waals surface area contributed by atoms with Crippen LogP contribution in [0.25, 0.3) is 28.3 Å². The molecule has 3 aromatic heterocycles. The van der Waals surface area contributed by atoms with Crippen LogP contribution in [0.15, 0.2) is 54.9 Å². The lowest BCUT2D eigenvalue weighted by atomic mass is 9.94.